The summed E-state index contributed by atoms with van der Waals surface area (Å²) in [6.07, 6.45) is 4.25. The fourth-order valence-electron chi connectivity index (χ4n) is 0.657. The zero-order chi connectivity index (χ0) is 5.98. The van der Waals surface area contributed by atoms with Gasteiger partial charge in [0.2, 0.25) is 0 Å². The molecular weight excluding hydrogens is 102 g/mol. The number of hydrogen-bond donors (Lipinski definition) is 1. The normalized spacial score (nSPS) is 27.6. The van der Waals surface area contributed by atoms with Gasteiger partial charge < -0.3 is 5.32 Å². The molecule has 0 radical (unpaired) electrons. The molecule has 1 unspecified atom stereocenters. The Labute approximate surface area is 48.6 Å². The molecule has 0 aromatic rings. The number of rotatable bonds is 0. The number of allylic oxidation sites excluding steroid dienone is 1. The summed E-state index contributed by atoms with van der Waals surface area (Å²) in [7, 11) is 0. The highest BCUT2D eigenvalue weighted by atomic mass is 16.1. The van der Waals surface area contributed by atoms with Crippen molar-refractivity contribution >= 4 is 5.78 Å². The lowest BCUT2D eigenvalue weighted by molar-refractivity contribution is -0.119. The first-order valence-corrected chi connectivity index (χ1v) is 2.74. The number of hydrogen-bond acceptors (Lipinski definition) is 2. The lowest BCUT2D eigenvalue weighted by Gasteiger charge is -2.12. The van der Waals surface area contributed by atoms with Crippen LogP contribution in [0.15, 0.2) is 12.3 Å². The fraction of sp³-hybridized carbons (Fsp3) is 0.500. The van der Waals surface area contributed by atoms with E-state index in [2.05, 4.69) is 5.32 Å². The van der Waals surface area contributed by atoms with Crippen molar-refractivity contribution in [2.75, 3.05) is 0 Å². The fourth-order valence-corrected chi connectivity index (χ4v) is 0.657. The minimum atomic E-state index is 0.0278. The minimum Gasteiger partial charge on any atom is -0.382 e. The van der Waals surface area contributed by atoms with Crippen LogP contribution in [0.3, 0.4) is 0 Å². The molecule has 0 fully saturated rings. The van der Waals surface area contributed by atoms with Gasteiger partial charge in [0.05, 0.1) is 6.04 Å². The third kappa shape index (κ3) is 0.886. The van der Waals surface area contributed by atoms with Crippen LogP contribution in [0.5, 0.6) is 0 Å². The van der Waals surface area contributed by atoms with Crippen LogP contribution in [0.25, 0.3) is 0 Å². The standard InChI is InChI=1S/C6H9NO/c1-5-6(8)3-2-4-7-5/h2,4-5,7H,3H2,1H3. The van der Waals surface area contributed by atoms with Crippen molar-refractivity contribution in [3.63, 3.8) is 0 Å². The van der Waals surface area contributed by atoms with Crippen LogP contribution in [0.2, 0.25) is 0 Å². The highest BCUT2D eigenvalue weighted by Crippen LogP contribution is 1.97. The van der Waals surface area contributed by atoms with Crippen molar-refractivity contribution in [1.29, 1.82) is 0 Å². The Hall–Kier alpha value is -0.790. The van der Waals surface area contributed by atoms with E-state index >= 15 is 0 Å². The molecule has 44 valence electrons. The van der Waals surface area contributed by atoms with E-state index in [1.807, 2.05) is 19.2 Å². The van der Waals surface area contributed by atoms with E-state index in [0.29, 0.717) is 6.42 Å². The van der Waals surface area contributed by atoms with Gasteiger partial charge in [-0.3, -0.25) is 4.79 Å². The van der Waals surface area contributed by atoms with Crippen molar-refractivity contribution in [2.45, 2.75) is 19.4 Å². The summed E-state index contributed by atoms with van der Waals surface area (Å²) in [5.74, 6) is 0.271. The van der Waals surface area contributed by atoms with Crippen LogP contribution in [0.4, 0.5) is 0 Å². The molecule has 0 saturated heterocycles. The summed E-state index contributed by atoms with van der Waals surface area (Å²) >= 11 is 0. The first kappa shape index (κ1) is 5.35. The van der Waals surface area contributed by atoms with Gasteiger partial charge in [-0.15, -0.1) is 0 Å². The molecule has 1 heterocycles. The van der Waals surface area contributed by atoms with Crippen LogP contribution in [-0.2, 0) is 4.79 Å². The van der Waals surface area contributed by atoms with Gasteiger partial charge in [0, 0.05) is 6.42 Å². The van der Waals surface area contributed by atoms with Crippen LogP contribution >= 0.6 is 0 Å². The Morgan fingerprint density at radius 1 is 1.88 bits per heavy atom. The summed E-state index contributed by atoms with van der Waals surface area (Å²) in [6, 6.07) is 0.0278. The molecule has 0 aromatic heterocycles. The Bertz CT molecular complexity index is 128. The molecule has 1 rings (SSSR count). The van der Waals surface area contributed by atoms with Crippen LogP contribution < -0.4 is 5.32 Å². The number of carbonyl (C=O) groups excluding carboxylic acids is 1. The lowest BCUT2D eigenvalue weighted by atomic mass is 10.1. The molecule has 0 bridgehead atoms. The zero-order valence-electron chi connectivity index (χ0n) is 4.85. The third-order valence-electron chi connectivity index (χ3n) is 1.27. The topological polar surface area (TPSA) is 29.1 Å². The zero-order valence-corrected chi connectivity index (χ0v) is 4.85. The Morgan fingerprint density at radius 3 is 3.00 bits per heavy atom. The molecule has 0 aliphatic carbocycles. The van der Waals surface area contributed by atoms with Crippen LogP contribution in [0, 0.1) is 0 Å². The number of carbonyl (C=O) groups is 1. The number of Topliss-reactive ketones (excluding diaryl/α,β-unsaturated/α-hetero) is 1. The number of ketones is 1. The average molecular weight is 111 g/mol. The van der Waals surface area contributed by atoms with Crippen molar-refractivity contribution in [1.82, 2.24) is 5.32 Å². The molecule has 1 N–H and O–H groups in total. The van der Waals surface area contributed by atoms with Crippen LogP contribution in [0.1, 0.15) is 13.3 Å². The summed E-state index contributed by atoms with van der Waals surface area (Å²) in [5, 5.41) is 2.90. The predicted octanol–water partition coefficient (Wildman–Crippen LogP) is 0.451. The number of nitrogens with one attached hydrogen (secondary N) is 1. The highest BCUT2D eigenvalue weighted by Gasteiger charge is 2.10. The maximum absolute atomic E-state index is 10.7. The van der Waals surface area contributed by atoms with Gasteiger partial charge in [-0.1, -0.05) is 6.08 Å². The second-order valence-corrected chi connectivity index (χ2v) is 1.96. The maximum Gasteiger partial charge on any atom is 0.158 e. The first-order valence-electron chi connectivity index (χ1n) is 2.74. The Balaban J connectivity index is 2.57. The summed E-state index contributed by atoms with van der Waals surface area (Å²) in [5.41, 5.74) is 0. The van der Waals surface area contributed by atoms with Gasteiger partial charge in [-0.05, 0) is 13.1 Å². The molecule has 0 aromatic carbocycles. The van der Waals surface area contributed by atoms with Crippen molar-refractivity contribution in [2.24, 2.45) is 0 Å². The Kier molecular flexibility index (Phi) is 1.33. The molecule has 0 amide bonds. The van der Waals surface area contributed by atoms with Gasteiger partial charge in [0.25, 0.3) is 0 Å². The van der Waals surface area contributed by atoms with Crippen molar-refractivity contribution in [3.8, 4) is 0 Å². The quantitative estimate of drug-likeness (QED) is 0.491. The lowest BCUT2D eigenvalue weighted by Crippen LogP contribution is -2.32. The molecular formula is C6H9NO. The first-order chi connectivity index (χ1) is 3.80. The summed E-state index contributed by atoms with van der Waals surface area (Å²) in [4.78, 5) is 10.7. The molecule has 1 aliphatic heterocycles. The van der Waals surface area contributed by atoms with E-state index in [9.17, 15) is 4.79 Å². The molecule has 0 spiro atoms. The van der Waals surface area contributed by atoms with Gasteiger partial charge >= 0.3 is 0 Å². The molecule has 0 saturated carbocycles. The smallest absolute Gasteiger partial charge is 0.158 e. The second-order valence-electron chi connectivity index (χ2n) is 1.96. The van der Waals surface area contributed by atoms with Gasteiger partial charge in [0.15, 0.2) is 5.78 Å². The Morgan fingerprint density at radius 2 is 2.62 bits per heavy atom. The van der Waals surface area contributed by atoms with E-state index < -0.39 is 0 Å². The van der Waals surface area contributed by atoms with E-state index in [1.54, 1.807) is 0 Å². The van der Waals surface area contributed by atoms with Gasteiger partial charge in [0.1, 0.15) is 0 Å². The van der Waals surface area contributed by atoms with E-state index in [0.717, 1.165) is 0 Å². The molecule has 2 heteroatoms. The maximum atomic E-state index is 10.7. The molecule has 8 heavy (non-hydrogen) atoms. The molecule has 1 aliphatic rings. The van der Waals surface area contributed by atoms with E-state index in [-0.39, 0.29) is 11.8 Å². The SMILES string of the molecule is CC1NC=CCC1=O. The van der Waals surface area contributed by atoms with Crippen LogP contribution in [-0.4, -0.2) is 11.8 Å². The van der Waals surface area contributed by atoms with Crippen molar-refractivity contribution < 1.29 is 4.79 Å². The van der Waals surface area contributed by atoms with E-state index in [4.69, 9.17) is 0 Å². The third-order valence-corrected chi connectivity index (χ3v) is 1.27. The largest absolute Gasteiger partial charge is 0.382 e. The predicted molar refractivity (Wildman–Crippen MR) is 31.4 cm³/mol. The monoisotopic (exact) mass is 111 g/mol. The second kappa shape index (κ2) is 1.99. The van der Waals surface area contributed by atoms with Gasteiger partial charge in [-0.25, -0.2) is 0 Å². The molecule has 2 nitrogen and oxygen atoms in total. The van der Waals surface area contributed by atoms with Gasteiger partial charge in [-0.2, -0.15) is 0 Å². The minimum absolute atomic E-state index is 0.0278. The molecule has 1 atom stereocenters. The summed E-state index contributed by atoms with van der Waals surface area (Å²) < 4.78 is 0. The van der Waals surface area contributed by atoms with Crippen molar-refractivity contribution in [3.05, 3.63) is 12.3 Å². The summed E-state index contributed by atoms with van der Waals surface area (Å²) in [6.45, 7) is 1.87. The highest BCUT2D eigenvalue weighted by molar-refractivity contribution is 5.85. The average Bonchev–Trinajstić information content (AvgIpc) is 1.77. The van der Waals surface area contributed by atoms with E-state index in [1.165, 1.54) is 0 Å².